The van der Waals surface area contributed by atoms with Crippen LogP contribution in [0.2, 0.25) is 0 Å². The van der Waals surface area contributed by atoms with Crippen LogP contribution in [0.3, 0.4) is 0 Å². The van der Waals surface area contributed by atoms with Gasteiger partial charge in [-0.25, -0.2) is 8.42 Å². The Hall–Kier alpha value is -2.22. The van der Waals surface area contributed by atoms with Crippen molar-refractivity contribution in [2.24, 2.45) is 0 Å². The number of hydrogen-bond acceptors (Lipinski definition) is 4. The van der Waals surface area contributed by atoms with Crippen molar-refractivity contribution in [3.8, 4) is 0 Å². The molecule has 0 aliphatic heterocycles. The monoisotopic (exact) mass is 334 g/mol. The first-order chi connectivity index (χ1) is 10.8. The second-order valence-electron chi connectivity index (χ2n) is 4.95. The van der Waals surface area contributed by atoms with E-state index in [-0.39, 0.29) is 16.4 Å². The fourth-order valence-corrected chi connectivity index (χ4v) is 2.99. The summed E-state index contributed by atoms with van der Waals surface area (Å²) in [5, 5.41) is 2.74. The van der Waals surface area contributed by atoms with Crippen LogP contribution >= 0.6 is 0 Å². The predicted octanol–water partition coefficient (Wildman–Crippen LogP) is 2.43. The second-order valence-corrected chi connectivity index (χ2v) is 6.88. The van der Waals surface area contributed by atoms with Gasteiger partial charge in [-0.15, -0.1) is 0 Å². The fourth-order valence-electron chi connectivity index (χ4n) is 1.97. The molecule has 0 spiro atoms. The molecule has 2 aromatic carbocycles. The van der Waals surface area contributed by atoms with E-state index in [1.165, 1.54) is 32.4 Å². The topological polar surface area (TPSA) is 75.7 Å². The zero-order chi connectivity index (χ0) is 17.0. The molecule has 0 radical (unpaired) electrons. The lowest BCUT2D eigenvalue weighted by molar-refractivity contribution is -0.0258. The molecular weight excluding hydrogens is 316 g/mol. The quantitative estimate of drug-likeness (QED) is 0.852. The standard InChI is InChI=1S/C16H18N2O4S/c1-12-6-4-8-14(10-12)17-16(19)13-7-5-9-15(11-13)23(20,21)18(2)22-3/h4-11H,1-3H3,(H,17,19). The number of nitrogens with zero attached hydrogens (tertiary/aromatic N) is 1. The maximum Gasteiger partial charge on any atom is 0.264 e. The minimum Gasteiger partial charge on any atom is -0.322 e. The Balaban J connectivity index is 2.28. The summed E-state index contributed by atoms with van der Waals surface area (Å²) in [6, 6.07) is 13.1. The van der Waals surface area contributed by atoms with Crippen molar-refractivity contribution in [1.82, 2.24) is 4.47 Å². The lowest BCUT2D eigenvalue weighted by Crippen LogP contribution is -2.26. The Bertz CT molecular complexity index is 818. The molecular formula is C16H18N2O4S. The van der Waals surface area contributed by atoms with Crippen molar-refractivity contribution in [1.29, 1.82) is 0 Å². The van der Waals surface area contributed by atoms with E-state index in [0.717, 1.165) is 10.0 Å². The van der Waals surface area contributed by atoms with E-state index < -0.39 is 10.0 Å². The fraction of sp³-hybridized carbons (Fsp3) is 0.188. The van der Waals surface area contributed by atoms with Gasteiger partial charge in [0.25, 0.3) is 15.9 Å². The number of carbonyl (C=O) groups excluding carboxylic acids is 1. The molecule has 0 aliphatic carbocycles. The summed E-state index contributed by atoms with van der Waals surface area (Å²) in [6.45, 7) is 1.92. The molecule has 2 aromatic rings. The van der Waals surface area contributed by atoms with Crippen LogP contribution in [0.4, 0.5) is 5.69 Å². The van der Waals surface area contributed by atoms with Gasteiger partial charge in [0.05, 0.1) is 12.0 Å². The van der Waals surface area contributed by atoms with E-state index in [1.807, 2.05) is 25.1 Å². The molecule has 0 saturated carbocycles. The third-order valence-electron chi connectivity index (χ3n) is 3.27. The summed E-state index contributed by atoms with van der Waals surface area (Å²) in [7, 11) is -1.25. The molecule has 0 saturated heterocycles. The van der Waals surface area contributed by atoms with Gasteiger partial charge < -0.3 is 5.32 Å². The van der Waals surface area contributed by atoms with Crippen LogP contribution in [0, 0.1) is 6.92 Å². The highest BCUT2D eigenvalue weighted by Gasteiger charge is 2.21. The largest absolute Gasteiger partial charge is 0.322 e. The molecule has 6 nitrogen and oxygen atoms in total. The summed E-state index contributed by atoms with van der Waals surface area (Å²) in [4.78, 5) is 17.0. The zero-order valence-electron chi connectivity index (χ0n) is 13.1. The van der Waals surface area contributed by atoms with Gasteiger partial charge in [0.1, 0.15) is 0 Å². The van der Waals surface area contributed by atoms with Crippen LogP contribution in [0.1, 0.15) is 15.9 Å². The number of amides is 1. The van der Waals surface area contributed by atoms with Gasteiger partial charge in [0, 0.05) is 18.3 Å². The van der Waals surface area contributed by atoms with Gasteiger partial charge in [-0.1, -0.05) is 22.7 Å². The van der Waals surface area contributed by atoms with Gasteiger partial charge in [-0.3, -0.25) is 9.63 Å². The molecule has 2 rings (SSSR count). The number of hydroxylamine groups is 1. The van der Waals surface area contributed by atoms with E-state index in [0.29, 0.717) is 5.69 Å². The molecule has 1 N–H and O–H groups in total. The SMILES string of the molecule is CON(C)S(=O)(=O)c1cccc(C(=O)Nc2cccc(C)c2)c1. The van der Waals surface area contributed by atoms with Crippen molar-refractivity contribution in [3.05, 3.63) is 59.7 Å². The van der Waals surface area contributed by atoms with Crippen LogP contribution in [-0.4, -0.2) is 33.0 Å². The maximum atomic E-state index is 12.3. The molecule has 0 aliphatic rings. The van der Waals surface area contributed by atoms with Crippen molar-refractivity contribution in [2.45, 2.75) is 11.8 Å². The van der Waals surface area contributed by atoms with Crippen LogP contribution in [-0.2, 0) is 14.9 Å². The van der Waals surface area contributed by atoms with E-state index in [4.69, 9.17) is 4.84 Å². The molecule has 0 aromatic heterocycles. The number of sulfonamides is 1. The van der Waals surface area contributed by atoms with E-state index in [2.05, 4.69) is 5.32 Å². The predicted molar refractivity (Wildman–Crippen MR) is 87.5 cm³/mol. The molecule has 0 atom stereocenters. The minimum absolute atomic E-state index is 0.0151. The van der Waals surface area contributed by atoms with Gasteiger partial charge in [-0.2, -0.15) is 0 Å². The third-order valence-corrected chi connectivity index (χ3v) is 4.94. The van der Waals surface area contributed by atoms with Crippen LogP contribution in [0.5, 0.6) is 0 Å². The Labute approximate surface area is 135 Å². The van der Waals surface area contributed by atoms with Crippen molar-refractivity contribution in [2.75, 3.05) is 19.5 Å². The Kier molecular flexibility index (Phi) is 5.15. The smallest absolute Gasteiger partial charge is 0.264 e. The average Bonchev–Trinajstić information content (AvgIpc) is 2.54. The Morgan fingerprint density at radius 1 is 1.13 bits per heavy atom. The van der Waals surface area contributed by atoms with Crippen LogP contribution < -0.4 is 5.32 Å². The normalized spacial score (nSPS) is 11.5. The first-order valence-electron chi connectivity index (χ1n) is 6.85. The van der Waals surface area contributed by atoms with Gasteiger partial charge in [0.15, 0.2) is 0 Å². The highest BCUT2D eigenvalue weighted by Crippen LogP contribution is 2.17. The number of aryl methyl sites for hydroxylation is 1. The van der Waals surface area contributed by atoms with Gasteiger partial charge in [-0.05, 0) is 42.8 Å². The third kappa shape index (κ3) is 3.95. The summed E-state index contributed by atoms with van der Waals surface area (Å²) in [6.07, 6.45) is 0. The molecule has 0 unspecified atom stereocenters. The number of hydrogen-bond donors (Lipinski definition) is 1. The Morgan fingerprint density at radius 3 is 2.48 bits per heavy atom. The van der Waals surface area contributed by atoms with Crippen molar-refractivity contribution < 1.29 is 18.0 Å². The minimum atomic E-state index is -3.79. The number of nitrogens with one attached hydrogen (secondary N) is 1. The summed E-state index contributed by atoms with van der Waals surface area (Å²) in [5.41, 5.74) is 1.91. The Morgan fingerprint density at radius 2 is 1.83 bits per heavy atom. The van der Waals surface area contributed by atoms with Crippen molar-refractivity contribution in [3.63, 3.8) is 0 Å². The first kappa shape index (κ1) is 17.1. The number of rotatable bonds is 5. The summed E-state index contributed by atoms with van der Waals surface area (Å²) in [5.74, 6) is -0.382. The molecule has 0 bridgehead atoms. The van der Waals surface area contributed by atoms with E-state index >= 15 is 0 Å². The molecule has 23 heavy (non-hydrogen) atoms. The molecule has 0 fully saturated rings. The maximum absolute atomic E-state index is 12.3. The lowest BCUT2D eigenvalue weighted by Gasteiger charge is -2.14. The van der Waals surface area contributed by atoms with Gasteiger partial charge >= 0.3 is 0 Å². The second kappa shape index (κ2) is 6.91. The van der Waals surface area contributed by atoms with Gasteiger partial charge in [0.2, 0.25) is 0 Å². The summed E-state index contributed by atoms with van der Waals surface area (Å²) >= 11 is 0. The molecule has 1 amide bonds. The number of carbonyl (C=O) groups is 1. The van der Waals surface area contributed by atoms with Crippen LogP contribution in [0.25, 0.3) is 0 Å². The number of anilines is 1. The lowest BCUT2D eigenvalue weighted by atomic mass is 10.2. The summed E-state index contributed by atoms with van der Waals surface area (Å²) < 4.78 is 25.2. The first-order valence-corrected chi connectivity index (χ1v) is 8.29. The van der Waals surface area contributed by atoms with Crippen LogP contribution in [0.15, 0.2) is 53.4 Å². The highest BCUT2D eigenvalue weighted by molar-refractivity contribution is 7.89. The average molecular weight is 334 g/mol. The van der Waals surface area contributed by atoms with Crippen molar-refractivity contribution >= 4 is 21.6 Å². The number of benzene rings is 2. The molecule has 0 heterocycles. The molecule has 7 heteroatoms. The highest BCUT2D eigenvalue weighted by atomic mass is 32.2. The molecule has 122 valence electrons. The zero-order valence-corrected chi connectivity index (χ0v) is 13.9. The van der Waals surface area contributed by atoms with E-state index in [9.17, 15) is 13.2 Å². The van der Waals surface area contributed by atoms with E-state index in [1.54, 1.807) is 12.1 Å².